The molecule has 0 amide bonds. The Bertz CT molecular complexity index is 198. The second-order valence-corrected chi connectivity index (χ2v) is 3.52. The standard InChI is InChI=1S/C8H15NO2/c1-6-8(4,10-5)7(2,3)11-9-6/h1-5H3. The van der Waals surface area contributed by atoms with Gasteiger partial charge < -0.3 is 9.57 Å². The third-order valence-corrected chi connectivity index (χ3v) is 2.66. The molecule has 11 heavy (non-hydrogen) atoms. The predicted molar refractivity (Wildman–Crippen MR) is 43.7 cm³/mol. The smallest absolute Gasteiger partial charge is 0.166 e. The van der Waals surface area contributed by atoms with E-state index < -0.39 is 0 Å². The summed E-state index contributed by atoms with van der Waals surface area (Å²) in [6.07, 6.45) is 0. The van der Waals surface area contributed by atoms with E-state index in [0.29, 0.717) is 0 Å². The highest BCUT2D eigenvalue weighted by Gasteiger charge is 2.51. The summed E-state index contributed by atoms with van der Waals surface area (Å²) in [5, 5.41) is 3.90. The molecule has 0 bridgehead atoms. The Labute approximate surface area is 67.4 Å². The quantitative estimate of drug-likeness (QED) is 0.578. The summed E-state index contributed by atoms with van der Waals surface area (Å²) in [4.78, 5) is 5.22. The van der Waals surface area contributed by atoms with Gasteiger partial charge in [0.25, 0.3) is 0 Å². The molecule has 0 aromatic heterocycles. The molecule has 1 rings (SSSR count). The molecule has 1 aliphatic rings. The highest BCUT2D eigenvalue weighted by Crippen LogP contribution is 2.35. The molecule has 3 heteroatoms. The second kappa shape index (κ2) is 2.21. The summed E-state index contributed by atoms with van der Waals surface area (Å²) in [7, 11) is 1.68. The third kappa shape index (κ3) is 0.948. The Balaban J connectivity index is 2.98. The van der Waals surface area contributed by atoms with Crippen molar-refractivity contribution in [2.24, 2.45) is 5.16 Å². The van der Waals surface area contributed by atoms with E-state index in [9.17, 15) is 0 Å². The van der Waals surface area contributed by atoms with Crippen molar-refractivity contribution in [2.75, 3.05) is 7.11 Å². The molecule has 1 atom stereocenters. The van der Waals surface area contributed by atoms with Crippen LogP contribution in [-0.2, 0) is 9.57 Å². The normalized spacial score (nSPS) is 34.8. The SMILES string of the molecule is COC1(C)C(C)=NOC1(C)C. The summed E-state index contributed by atoms with van der Waals surface area (Å²) in [6.45, 7) is 7.84. The van der Waals surface area contributed by atoms with Crippen LogP contribution in [0.2, 0.25) is 0 Å². The molecule has 0 aliphatic carbocycles. The van der Waals surface area contributed by atoms with E-state index >= 15 is 0 Å². The van der Waals surface area contributed by atoms with Gasteiger partial charge in [0, 0.05) is 7.11 Å². The minimum atomic E-state index is -0.382. The summed E-state index contributed by atoms with van der Waals surface area (Å²) >= 11 is 0. The summed E-state index contributed by atoms with van der Waals surface area (Å²) < 4.78 is 5.37. The molecular formula is C8H15NO2. The molecule has 0 N–H and O–H groups in total. The van der Waals surface area contributed by atoms with E-state index in [4.69, 9.17) is 9.57 Å². The van der Waals surface area contributed by atoms with Crippen LogP contribution in [0, 0.1) is 0 Å². The van der Waals surface area contributed by atoms with Crippen LogP contribution in [-0.4, -0.2) is 24.0 Å². The fourth-order valence-electron chi connectivity index (χ4n) is 1.19. The third-order valence-electron chi connectivity index (χ3n) is 2.66. The van der Waals surface area contributed by atoms with Gasteiger partial charge in [0.15, 0.2) is 5.60 Å². The van der Waals surface area contributed by atoms with Crippen molar-refractivity contribution in [3.63, 3.8) is 0 Å². The van der Waals surface area contributed by atoms with Gasteiger partial charge in [-0.05, 0) is 27.7 Å². The van der Waals surface area contributed by atoms with E-state index in [1.165, 1.54) is 0 Å². The first-order valence-corrected chi connectivity index (χ1v) is 3.72. The minimum absolute atomic E-state index is 0.355. The fourth-order valence-corrected chi connectivity index (χ4v) is 1.19. The molecule has 0 spiro atoms. The van der Waals surface area contributed by atoms with Crippen molar-refractivity contribution in [3.8, 4) is 0 Å². The lowest BCUT2D eigenvalue weighted by Gasteiger charge is -2.33. The predicted octanol–water partition coefficient (Wildman–Crippen LogP) is 1.58. The lowest BCUT2D eigenvalue weighted by atomic mass is 9.85. The highest BCUT2D eigenvalue weighted by atomic mass is 16.7. The lowest BCUT2D eigenvalue weighted by Crippen LogP contribution is -2.50. The Hall–Kier alpha value is -0.570. The zero-order chi connectivity index (χ0) is 8.70. The number of rotatable bonds is 1. The molecule has 64 valence electrons. The largest absolute Gasteiger partial charge is 0.386 e. The van der Waals surface area contributed by atoms with Gasteiger partial charge in [0.1, 0.15) is 5.60 Å². The van der Waals surface area contributed by atoms with Crippen molar-refractivity contribution in [3.05, 3.63) is 0 Å². The first-order chi connectivity index (χ1) is 4.94. The van der Waals surface area contributed by atoms with Gasteiger partial charge in [0.05, 0.1) is 5.71 Å². The number of methoxy groups -OCH3 is 1. The second-order valence-electron chi connectivity index (χ2n) is 3.52. The van der Waals surface area contributed by atoms with Crippen LogP contribution in [0.3, 0.4) is 0 Å². The van der Waals surface area contributed by atoms with Gasteiger partial charge in [-0.15, -0.1) is 0 Å². The molecule has 0 aromatic carbocycles. The van der Waals surface area contributed by atoms with Crippen LogP contribution in [0.5, 0.6) is 0 Å². The number of hydrogen-bond acceptors (Lipinski definition) is 3. The zero-order valence-electron chi connectivity index (χ0n) is 7.76. The van der Waals surface area contributed by atoms with Crippen molar-refractivity contribution >= 4 is 5.71 Å². The molecular weight excluding hydrogens is 142 g/mol. The number of hydrogen-bond donors (Lipinski definition) is 0. The van der Waals surface area contributed by atoms with E-state index in [0.717, 1.165) is 5.71 Å². The summed E-state index contributed by atoms with van der Waals surface area (Å²) in [6, 6.07) is 0. The maximum Gasteiger partial charge on any atom is 0.166 e. The molecule has 0 saturated carbocycles. The average Bonchev–Trinajstić information content (AvgIpc) is 2.15. The Kier molecular flexibility index (Phi) is 1.71. The van der Waals surface area contributed by atoms with Crippen molar-refractivity contribution in [1.29, 1.82) is 0 Å². The van der Waals surface area contributed by atoms with E-state index in [1.807, 2.05) is 27.7 Å². The van der Waals surface area contributed by atoms with Gasteiger partial charge in [-0.2, -0.15) is 0 Å². The maximum absolute atomic E-state index is 5.37. The summed E-state index contributed by atoms with van der Waals surface area (Å²) in [5.74, 6) is 0. The van der Waals surface area contributed by atoms with Crippen molar-refractivity contribution in [1.82, 2.24) is 0 Å². The van der Waals surface area contributed by atoms with E-state index in [1.54, 1.807) is 7.11 Å². The topological polar surface area (TPSA) is 30.8 Å². The van der Waals surface area contributed by atoms with Crippen LogP contribution in [0.1, 0.15) is 27.7 Å². The number of oxime groups is 1. The van der Waals surface area contributed by atoms with Crippen LogP contribution >= 0.6 is 0 Å². The van der Waals surface area contributed by atoms with Gasteiger partial charge in [-0.3, -0.25) is 0 Å². The average molecular weight is 157 g/mol. The minimum Gasteiger partial charge on any atom is -0.386 e. The monoisotopic (exact) mass is 157 g/mol. The molecule has 1 aliphatic heterocycles. The Morgan fingerprint density at radius 1 is 1.36 bits per heavy atom. The van der Waals surface area contributed by atoms with E-state index in [2.05, 4.69) is 5.16 Å². The molecule has 0 saturated heterocycles. The van der Waals surface area contributed by atoms with Crippen LogP contribution in [0.4, 0.5) is 0 Å². The van der Waals surface area contributed by atoms with Crippen molar-refractivity contribution < 1.29 is 9.57 Å². The lowest BCUT2D eigenvalue weighted by molar-refractivity contribution is -0.111. The van der Waals surface area contributed by atoms with Gasteiger partial charge in [0.2, 0.25) is 0 Å². The first-order valence-electron chi connectivity index (χ1n) is 3.72. The Morgan fingerprint density at radius 3 is 2.09 bits per heavy atom. The van der Waals surface area contributed by atoms with Gasteiger partial charge in [-0.25, -0.2) is 0 Å². The highest BCUT2D eigenvalue weighted by molar-refractivity contribution is 5.92. The van der Waals surface area contributed by atoms with Gasteiger partial charge in [-0.1, -0.05) is 5.16 Å². The molecule has 1 heterocycles. The van der Waals surface area contributed by atoms with Crippen LogP contribution < -0.4 is 0 Å². The molecule has 0 fully saturated rings. The zero-order valence-corrected chi connectivity index (χ0v) is 7.76. The molecule has 3 nitrogen and oxygen atoms in total. The van der Waals surface area contributed by atoms with Crippen LogP contribution in [0.15, 0.2) is 5.16 Å². The number of nitrogens with zero attached hydrogens (tertiary/aromatic N) is 1. The number of ether oxygens (including phenoxy) is 1. The van der Waals surface area contributed by atoms with Gasteiger partial charge >= 0.3 is 0 Å². The fraction of sp³-hybridized carbons (Fsp3) is 0.875. The van der Waals surface area contributed by atoms with Crippen molar-refractivity contribution in [2.45, 2.75) is 38.9 Å². The molecule has 1 unspecified atom stereocenters. The first kappa shape index (κ1) is 8.53. The van der Waals surface area contributed by atoms with E-state index in [-0.39, 0.29) is 11.2 Å². The molecule has 0 aromatic rings. The Morgan fingerprint density at radius 2 is 1.91 bits per heavy atom. The van der Waals surface area contributed by atoms with Crippen LogP contribution in [0.25, 0.3) is 0 Å². The molecule has 0 radical (unpaired) electrons. The maximum atomic E-state index is 5.37. The summed E-state index contributed by atoms with van der Waals surface area (Å²) in [5.41, 5.74) is 0.156.